The topological polar surface area (TPSA) is 26.3 Å². The highest BCUT2D eigenvalue weighted by Gasteiger charge is 2.36. The van der Waals surface area contributed by atoms with Crippen molar-refractivity contribution in [2.75, 3.05) is 6.61 Å². The third-order valence-electron chi connectivity index (χ3n) is 7.21. The molecule has 3 aliphatic carbocycles. The first-order chi connectivity index (χ1) is 13.1. The first kappa shape index (κ1) is 20.7. The van der Waals surface area contributed by atoms with E-state index in [0.29, 0.717) is 24.9 Å². The molecule has 0 radical (unpaired) electrons. The molecule has 0 heterocycles. The molecule has 3 aliphatic rings. The fraction of sp³-hybridized carbons (Fsp3) is 0.800. The van der Waals surface area contributed by atoms with E-state index >= 15 is 0 Å². The van der Waals surface area contributed by atoms with Crippen LogP contribution in [0.5, 0.6) is 0 Å². The number of carbonyl (C=O) groups is 1. The lowest BCUT2D eigenvalue weighted by Crippen LogP contribution is -2.22. The third-order valence-corrected chi connectivity index (χ3v) is 7.21. The van der Waals surface area contributed by atoms with Gasteiger partial charge in [-0.1, -0.05) is 55.4 Å². The summed E-state index contributed by atoms with van der Waals surface area (Å²) in [6.07, 6.45) is 20.7. The molecule has 0 aromatic carbocycles. The first-order valence-corrected chi connectivity index (χ1v) is 11.6. The van der Waals surface area contributed by atoms with Gasteiger partial charge in [0.25, 0.3) is 0 Å². The van der Waals surface area contributed by atoms with Gasteiger partial charge in [0, 0.05) is 6.42 Å². The minimum atomic E-state index is 0.0746. The average Bonchev–Trinajstić information content (AvgIpc) is 3.31. The summed E-state index contributed by atoms with van der Waals surface area (Å²) in [4.78, 5) is 12.5. The highest BCUT2D eigenvalue weighted by molar-refractivity contribution is 5.69. The van der Waals surface area contributed by atoms with Crippen molar-refractivity contribution < 1.29 is 9.53 Å². The Bertz CT molecular complexity index is 535. The van der Waals surface area contributed by atoms with Gasteiger partial charge in [0.2, 0.25) is 0 Å². The normalized spacial score (nSPS) is 28.8. The Morgan fingerprint density at radius 2 is 1.93 bits per heavy atom. The van der Waals surface area contributed by atoms with Crippen LogP contribution in [0.4, 0.5) is 0 Å². The molecule has 2 nitrogen and oxygen atoms in total. The summed E-state index contributed by atoms with van der Waals surface area (Å²) in [5, 5.41) is 0. The van der Waals surface area contributed by atoms with Gasteiger partial charge in [-0.25, -0.2) is 0 Å². The second-order valence-electron chi connectivity index (χ2n) is 9.62. The molecule has 0 aromatic rings. The van der Waals surface area contributed by atoms with E-state index in [9.17, 15) is 4.79 Å². The van der Waals surface area contributed by atoms with Gasteiger partial charge in [0.1, 0.15) is 0 Å². The number of carbonyl (C=O) groups excluding carboxylic acids is 1. The molecule has 152 valence electrons. The van der Waals surface area contributed by atoms with Crippen LogP contribution in [-0.4, -0.2) is 12.6 Å². The quantitative estimate of drug-likeness (QED) is 0.339. The Labute approximate surface area is 166 Å². The summed E-state index contributed by atoms with van der Waals surface area (Å²) in [6, 6.07) is 0. The maximum absolute atomic E-state index is 12.5. The molecule has 27 heavy (non-hydrogen) atoms. The highest BCUT2D eigenvalue weighted by Crippen LogP contribution is 2.45. The number of hydrogen-bond donors (Lipinski definition) is 0. The molecule has 2 heteroatoms. The average molecular weight is 373 g/mol. The monoisotopic (exact) mass is 372 g/mol. The fourth-order valence-corrected chi connectivity index (χ4v) is 5.78. The van der Waals surface area contributed by atoms with Gasteiger partial charge in [-0.2, -0.15) is 0 Å². The van der Waals surface area contributed by atoms with E-state index in [1.165, 1.54) is 63.4 Å². The lowest BCUT2D eigenvalue weighted by molar-refractivity contribution is -0.146. The van der Waals surface area contributed by atoms with Crippen LogP contribution in [0, 0.1) is 23.7 Å². The van der Waals surface area contributed by atoms with Gasteiger partial charge >= 0.3 is 5.97 Å². The Kier molecular flexibility index (Phi) is 8.03. The van der Waals surface area contributed by atoms with Crippen LogP contribution >= 0.6 is 0 Å². The zero-order valence-electron chi connectivity index (χ0n) is 17.7. The summed E-state index contributed by atoms with van der Waals surface area (Å²) in [6.45, 7) is 4.97. The fourth-order valence-electron chi connectivity index (χ4n) is 5.78. The maximum Gasteiger partial charge on any atom is 0.306 e. The van der Waals surface area contributed by atoms with Crippen molar-refractivity contribution >= 4 is 5.97 Å². The standard InChI is InChI=1S/C25H40O2/c1-19(2)8-5-9-20-10-6-11-21(16-20)18-27-25(26)17-23-14-7-15-24(23)22-12-3-4-13-22/h8,10,21-24H,3-7,9,11-18H2,1-2H3. The largest absolute Gasteiger partial charge is 0.465 e. The molecular formula is C25H40O2. The zero-order chi connectivity index (χ0) is 19.1. The van der Waals surface area contributed by atoms with Crippen LogP contribution in [0.2, 0.25) is 0 Å². The molecular weight excluding hydrogens is 332 g/mol. The van der Waals surface area contributed by atoms with Gasteiger partial charge in [0.05, 0.1) is 6.61 Å². The van der Waals surface area contributed by atoms with E-state index in [1.807, 2.05) is 0 Å². The van der Waals surface area contributed by atoms with Crippen LogP contribution < -0.4 is 0 Å². The molecule has 0 spiro atoms. The van der Waals surface area contributed by atoms with Crippen LogP contribution in [0.25, 0.3) is 0 Å². The summed E-state index contributed by atoms with van der Waals surface area (Å²) in [5.41, 5.74) is 2.97. The number of rotatable bonds is 8. The molecule has 3 unspecified atom stereocenters. The summed E-state index contributed by atoms with van der Waals surface area (Å²) < 4.78 is 5.77. The molecule has 0 amide bonds. The molecule has 0 saturated heterocycles. The molecule has 0 aromatic heterocycles. The van der Waals surface area contributed by atoms with Crippen molar-refractivity contribution in [1.82, 2.24) is 0 Å². The molecule has 3 atom stereocenters. The number of esters is 1. The SMILES string of the molecule is CC(C)=CCCC1=CCCC(COC(=O)CC2CCCC2C2CCCC2)C1. The van der Waals surface area contributed by atoms with Crippen LogP contribution in [0.15, 0.2) is 23.3 Å². The Balaban J connectivity index is 1.37. The Morgan fingerprint density at radius 3 is 2.70 bits per heavy atom. The van der Waals surface area contributed by atoms with E-state index in [0.717, 1.165) is 31.1 Å². The summed E-state index contributed by atoms with van der Waals surface area (Å²) >= 11 is 0. The second kappa shape index (κ2) is 10.5. The number of hydrogen-bond acceptors (Lipinski definition) is 2. The lowest BCUT2D eigenvalue weighted by atomic mass is 9.81. The van der Waals surface area contributed by atoms with E-state index in [1.54, 1.807) is 5.57 Å². The Morgan fingerprint density at radius 1 is 1.11 bits per heavy atom. The van der Waals surface area contributed by atoms with Crippen LogP contribution in [-0.2, 0) is 9.53 Å². The molecule has 2 fully saturated rings. The maximum atomic E-state index is 12.5. The first-order valence-electron chi connectivity index (χ1n) is 11.6. The van der Waals surface area contributed by atoms with Crippen LogP contribution in [0.1, 0.15) is 97.3 Å². The van der Waals surface area contributed by atoms with Crippen molar-refractivity contribution in [3.05, 3.63) is 23.3 Å². The number of allylic oxidation sites excluding steroid dienone is 4. The van der Waals surface area contributed by atoms with E-state index in [4.69, 9.17) is 4.74 Å². The van der Waals surface area contributed by atoms with Crippen molar-refractivity contribution in [1.29, 1.82) is 0 Å². The van der Waals surface area contributed by atoms with Crippen molar-refractivity contribution in [3.8, 4) is 0 Å². The van der Waals surface area contributed by atoms with Gasteiger partial charge in [-0.3, -0.25) is 4.79 Å². The molecule has 3 rings (SSSR count). The third kappa shape index (κ3) is 6.50. The molecule has 0 bridgehead atoms. The van der Waals surface area contributed by atoms with Gasteiger partial charge in [-0.05, 0) is 82.5 Å². The predicted octanol–water partition coefficient (Wildman–Crippen LogP) is 7.00. The second-order valence-corrected chi connectivity index (χ2v) is 9.62. The highest BCUT2D eigenvalue weighted by atomic mass is 16.5. The van der Waals surface area contributed by atoms with Crippen molar-refractivity contribution in [2.24, 2.45) is 23.7 Å². The van der Waals surface area contributed by atoms with Gasteiger partial charge in [-0.15, -0.1) is 0 Å². The molecule has 2 saturated carbocycles. The summed E-state index contributed by atoms with van der Waals surface area (Å²) in [7, 11) is 0. The van der Waals surface area contributed by atoms with Gasteiger partial charge < -0.3 is 4.74 Å². The lowest BCUT2D eigenvalue weighted by Gasteiger charge is -2.26. The number of ether oxygens (including phenoxy) is 1. The van der Waals surface area contributed by atoms with E-state index in [2.05, 4.69) is 26.0 Å². The van der Waals surface area contributed by atoms with Crippen LogP contribution in [0.3, 0.4) is 0 Å². The smallest absolute Gasteiger partial charge is 0.306 e. The van der Waals surface area contributed by atoms with E-state index in [-0.39, 0.29) is 5.97 Å². The zero-order valence-corrected chi connectivity index (χ0v) is 17.7. The predicted molar refractivity (Wildman–Crippen MR) is 112 cm³/mol. The molecule has 0 aliphatic heterocycles. The molecule has 0 N–H and O–H groups in total. The van der Waals surface area contributed by atoms with Gasteiger partial charge in [0.15, 0.2) is 0 Å². The minimum absolute atomic E-state index is 0.0746. The van der Waals surface area contributed by atoms with Crippen molar-refractivity contribution in [2.45, 2.75) is 97.3 Å². The Hall–Kier alpha value is -1.05. The van der Waals surface area contributed by atoms with Crippen molar-refractivity contribution in [3.63, 3.8) is 0 Å². The van der Waals surface area contributed by atoms with E-state index < -0.39 is 0 Å². The summed E-state index contributed by atoms with van der Waals surface area (Å²) in [5.74, 6) is 2.92. The minimum Gasteiger partial charge on any atom is -0.465 e.